The quantitative estimate of drug-likeness (QED) is 0.675. The number of nitrogens with one attached hydrogen (secondary N) is 2. The molecule has 10 heteroatoms. The molecule has 1 aromatic rings. The number of hydrogen-bond acceptors (Lipinski definition) is 6. The lowest BCUT2D eigenvalue weighted by Crippen LogP contribution is -2.48. The van der Waals surface area contributed by atoms with Gasteiger partial charge in [0.15, 0.2) is 6.61 Å². The van der Waals surface area contributed by atoms with Gasteiger partial charge in [0.25, 0.3) is 5.91 Å². The average Bonchev–Trinajstić information content (AvgIpc) is 3.11. The second kappa shape index (κ2) is 9.03. The number of benzene rings is 1. The number of fused-ring (bicyclic) bond motifs is 1. The van der Waals surface area contributed by atoms with Crippen molar-refractivity contribution in [3.8, 4) is 0 Å². The van der Waals surface area contributed by atoms with Crippen LogP contribution in [0.2, 0.25) is 0 Å². The van der Waals surface area contributed by atoms with E-state index in [-0.39, 0.29) is 11.6 Å². The third kappa shape index (κ3) is 5.29. The first kappa shape index (κ1) is 22.1. The molecule has 0 spiro atoms. The normalized spacial score (nSPS) is 20.9. The summed E-state index contributed by atoms with van der Waals surface area (Å²) in [6, 6.07) is 4.02. The number of carbonyl (C=O) groups is 3. The molecule has 1 saturated carbocycles. The number of esters is 1. The molecule has 1 aliphatic heterocycles. The van der Waals surface area contributed by atoms with Gasteiger partial charge < -0.3 is 10.1 Å². The van der Waals surface area contributed by atoms with E-state index in [1.165, 1.54) is 10.4 Å². The fourth-order valence-corrected chi connectivity index (χ4v) is 4.91. The van der Waals surface area contributed by atoms with Crippen molar-refractivity contribution >= 4 is 33.6 Å². The van der Waals surface area contributed by atoms with Crippen LogP contribution in [0.25, 0.3) is 0 Å². The third-order valence-corrected chi connectivity index (χ3v) is 6.76. The van der Waals surface area contributed by atoms with E-state index < -0.39 is 34.5 Å². The summed E-state index contributed by atoms with van der Waals surface area (Å²) < 4.78 is 29.8. The summed E-state index contributed by atoms with van der Waals surface area (Å²) in [5.74, 6) is -1.07. The summed E-state index contributed by atoms with van der Waals surface area (Å²) in [6.45, 7) is 1.81. The SMILES string of the molecule is CC1CCCCC1NC(=O)NC(=O)COC(=O)c1ccc2c(c1)CCN2S(C)(=O)=O. The van der Waals surface area contributed by atoms with E-state index in [2.05, 4.69) is 17.6 Å². The second-order valence-corrected chi connectivity index (χ2v) is 9.80. The Kier molecular flexibility index (Phi) is 6.64. The van der Waals surface area contributed by atoms with Gasteiger partial charge in [-0.05, 0) is 48.9 Å². The smallest absolute Gasteiger partial charge is 0.338 e. The Bertz CT molecular complexity index is 946. The van der Waals surface area contributed by atoms with E-state index in [9.17, 15) is 22.8 Å². The molecule has 1 aliphatic carbocycles. The molecule has 0 saturated heterocycles. The first-order valence-corrected chi connectivity index (χ1v) is 11.9. The van der Waals surface area contributed by atoms with Crippen LogP contribution in [-0.4, -0.2) is 51.8 Å². The molecule has 3 amide bonds. The lowest BCUT2D eigenvalue weighted by atomic mass is 9.86. The molecule has 30 heavy (non-hydrogen) atoms. The van der Waals surface area contributed by atoms with Crippen molar-refractivity contribution < 1.29 is 27.5 Å². The number of hydrogen-bond donors (Lipinski definition) is 2. The molecule has 9 nitrogen and oxygen atoms in total. The van der Waals surface area contributed by atoms with E-state index >= 15 is 0 Å². The van der Waals surface area contributed by atoms with Crippen LogP contribution in [0.5, 0.6) is 0 Å². The highest BCUT2D eigenvalue weighted by atomic mass is 32.2. The first-order valence-electron chi connectivity index (χ1n) is 10.0. The molecule has 1 heterocycles. The number of carbonyl (C=O) groups excluding carboxylic acids is 3. The number of rotatable bonds is 5. The van der Waals surface area contributed by atoms with Crippen LogP contribution in [0.3, 0.4) is 0 Å². The second-order valence-electron chi connectivity index (χ2n) is 7.89. The van der Waals surface area contributed by atoms with Gasteiger partial charge in [0.05, 0.1) is 17.5 Å². The zero-order valence-corrected chi connectivity index (χ0v) is 18.0. The van der Waals surface area contributed by atoms with Crippen molar-refractivity contribution in [2.75, 3.05) is 23.7 Å². The minimum Gasteiger partial charge on any atom is -0.452 e. The number of nitrogens with zero attached hydrogens (tertiary/aromatic N) is 1. The Morgan fingerprint density at radius 2 is 1.93 bits per heavy atom. The molecule has 2 N–H and O–H groups in total. The summed E-state index contributed by atoms with van der Waals surface area (Å²) in [7, 11) is -3.37. The summed E-state index contributed by atoms with van der Waals surface area (Å²) in [4.78, 5) is 36.2. The maximum atomic E-state index is 12.2. The average molecular weight is 438 g/mol. The van der Waals surface area contributed by atoms with Crippen LogP contribution < -0.4 is 14.9 Å². The Balaban J connectivity index is 1.49. The van der Waals surface area contributed by atoms with Crippen molar-refractivity contribution in [1.29, 1.82) is 0 Å². The largest absolute Gasteiger partial charge is 0.452 e. The van der Waals surface area contributed by atoms with Gasteiger partial charge in [-0.3, -0.25) is 14.4 Å². The molecular weight excluding hydrogens is 410 g/mol. The molecule has 1 fully saturated rings. The van der Waals surface area contributed by atoms with Crippen molar-refractivity contribution in [2.24, 2.45) is 5.92 Å². The Morgan fingerprint density at radius 3 is 2.63 bits per heavy atom. The third-order valence-electron chi connectivity index (χ3n) is 5.58. The molecular formula is C20H27N3O6S. The van der Waals surface area contributed by atoms with Crippen LogP contribution in [0.4, 0.5) is 10.5 Å². The number of sulfonamides is 1. The van der Waals surface area contributed by atoms with Crippen molar-refractivity contribution in [2.45, 2.75) is 45.1 Å². The Labute approximate surface area is 176 Å². The molecule has 0 aromatic heterocycles. The molecule has 0 bridgehead atoms. The Hall–Kier alpha value is -2.62. The van der Waals surface area contributed by atoms with Crippen molar-refractivity contribution in [3.05, 3.63) is 29.3 Å². The molecule has 0 radical (unpaired) electrons. The maximum Gasteiger partial charge on any atom is 0.338 e. The highest BCUT2D eigenvalue weighted by molar-refractivity contribution is 7.92. The van der Waals surface area contributed by atoms with Crippen LogP contribution in [-0.2, 0) is 26.0 Å². The summed E-state index contributed by atoms with van der Waals surface area (Å²) in [6.07, 6.45) is 5.73. The van der Waals surface area contributed by atoms with Crippen LogP contribution in [0.15, 0.2) is 18.2 Å². The molecule has 164 valence electrons. The van der Waals surface area contributed by atoms with E-state index in [0.717, 1.165) is 37.5 Å². The van der Waals surface area contributed by atoms with Gasteiger partial charge in [-0.2, -0.15) is 0 Å². The van der Waals surface area contributed by atoms with Gasteiger partial charge >= 0.3 is 12.0 Å². The zero-order chi connectivity index (χ0) is 21.9. The number of anilines is 1. The van der Waals surface area contributed by atoms with Gasteiger partial charge in [0.1, 0.15) is 0 Å². The van der Waals surface area contributed by atoms with Gasteiger partial charge in [0.2, 0.25) is 10.0 Å². The lowest BCUT2D eigenvalue weighted by Gasteiger charge is -2.29. The summed E-state index contributed by atoms with van der Waals surface area (Å²) in [5.41, 5.74) is 1.48. The minimum absolute atomic E-state index is 0.0343. The fourth-order valence-electron chi connectivity index (χ4n) is 3.96. The van der Waals surface area contributed by atoms with Gasteiger partial charge in [-0.15, -0.1) is 0 Å². The van der Waals surface area contributed by atoms with Gasteiger partial charge in [-0.25, -0.2) is 18.0 Å². The van der Waals surface area contributed by atoms with E-state index in [4.69, 9.17) is 4.74 Å². The van der Waals surface area contributed by atoms with Crippen molar-refractivity contribution in [3.63, 3.8) is 0 Å². The highest BCUT2D eigenvalue weighted by Crippen LogP contribution is 2.30. The van der Waals surface area contributed by atoms with E-state index in [1.54, 1.807) is 12.1 Å². The van der Waals surface area contributed by atoms with Crippen LogP contribution in [0, 0.1) is 5.92 Å². The van der Waals surface area contributed by atoms with Crippen LogP contribution in [0.1, 0.15) is 48.5 Å². The number of ether oxygens (including phenoxy) is 1. The Morgan fingerprint density at radius 1 is 1.20 bits per heavy atom. The summed E-state index contributed by atoms with van der Waals surface area (Å²) >= 11 is 0. The topological polar surface area (TPSA) is 122 Å². The number of urea groups is 1. The number of imide groups is 1. The number of amides is 3. The predicted octanol–water partition coefficient (Wildman–Crippen LogP) is 1.57. The molecule has 2 aliphatic rings. The maximum absolute atomic E-state index is 12.2. The molecule has 2 unspecified atom stereocenters. The summed E-state index contributed by atoms with van der Waals surface area (Å²) in [5, 5.41) is 4.98. The van der Waals surface area contributed by atoms with E-state index in [0.29, 0.717) is 24.6 Å². The van der Waals surface area contributed by atoms with Gasteiger partial charge in [-0.1, -0.05) is 19.8 Å². The molecule has 3 rings (SSSR count). The van der Waals surface area contributed by atoms with Crippen molar-refractivity contribution in [1.82, 2.24) is 10.6 Å². The monoisotopic (exact) mass is 437 g/mol. The van der Waals surface area contributed by atoms with Crippen LogP contribution >= 0.6 is 0 Å². The van der Waals surface area contributed by atoms with Gasteiger partial charge in [0, 0.05) is 12.6 Å². The molecule has 2 atom stereocenters. The van der Waals surface area contributed by atoms with E-state index in [1.807, 2.05) is 0 Å². The molecule has 1 aromatic carbocycles. The standard InChI is InChI=1S/C20H27N3O6S/c1-13-5-3-4-6-16(13)21-20(26)22-18(24)12-29-19(25)15-7-8-17-14(11-15)9-10-23(17)30(2,27)28/h7-8,11,13,16H,3-6,9-10,12H2,1-2H3,(H2,21,22,24,26). The fraction of sp³-hybridized carbons (Fsp3) is 0.550. The lowest BCUT2D eigenvalue weighted by molar-refractivity contribution is -0.123. The predicted molar refractivity (Wildman–Crippen MR) is 111 cm³/mol. The minimum atomic E-state index is -3.37. The first-order chi connectivity index (χ1) is 14.1. The highest BCUT2D eigenvalue weighted by Gasteiger charge is 2.27. The zero-order valence-electron chi connectivity index (χ0n) is 17.1.